The van der Waals surface area contributed by atoms with Crippen molar-refractivity contribution in [2.75, 3.05) is 0 Å². The molecule has 0 spiro atoms. The van der Waals surface area contributed by atoms with Gasteiger partial charge >= 0.3 is 0 Å². The smallest absolute Gasteiger partial charge is 0.260 e. The third kappa shape index (κ3) is 2.74. The van der Waals surface area contributed by atoms with Gasteiger partial charge in [-0.2, -0.15) is 0 Å². The Morgan fingerprint density at radius 1 is 1.50 bits per heavy atom. The zero-order valence-electron chi connectivity index (χ0n) is 9.41. The van der Waals surface area contributed by atoms with Gasteiger partial charge in [-0.25, -0.2) is 17.8 Å². The molecule has 0 amide bonds. The molecule has 96 valence electrons. The van der Waals surface area contributed by atoms with Crippen LogP contribution < -0.4 is 4.72 Å². The molecule has 2 aromatic heterocycles. The highest BCUT2D eigenvalue weighted by Gasteiger charge is 2.23. The molecule has 0 aliphatic carbocycles. The van der Waals surface area contributed by atoms with Gasteiger partial charge < -0.3 is 0 Å². The first-order valence-electron chi connectivity index (χ1n) is 4.94. The second-order valence-corrected chi connectivity index (χ2v) is 5.93. The minimum Gasteiger partial charge on any atom is -0.264 e. The van der Waals surface area contributed by atoms with E-state index < -0.39 is 10.0 Å². The van der Waals surface area contributed by atoms with Crippen molar-refractivity contribution < 1.29 is 8.42 Å². The second kappa shape index (κ2) is 5.12. The van der Waals surface area contributed by atoms with Crippen molar-refractivity contribution in [3.63, 3.8) is 0 Å². The Balaban J connectivity index is 2.19. The molecular weight excluding hydrogens is 322 g/mol. The lowest BCUT2D eigenvalue weighted by molar-refractivity contribution is 0.560. The summed E-state index contributed by atoms with van der Waals surface area (Å²) in [7, 11) is -2.15. The Morgan fingerprint density at radius 3 is 2.83 bits per heavy atom. The van der Waals surface area contributed by atoms with Gasteiger partial charge in [0.2, 0.25) is 5.03 Å². The maximum absolute atomic E-state index is 12.0. The van der Waals surface area contributed by atoms with Crippen LogP contribution in [0.25, 0.3) is 0 Å². The topological polar surface area (TPSA) is 89.8 Å². The molecule has 0 bridgehead atoms. The van der Waals surface area contributed by atoms with Crippen molar-refractivity contribution in [3.05, 3.63) is 34.7 Å². The summed E-state index contributed by atoms with van der Waals surface area (Å²) in [6.07, 6.45) is 3.22. The van der Waals surface area contributed by atoms with Crippen LogP contribution in [-0.4, -0.2) is 28.4 Å². The van der Waals surface area contributed by atoms with Gasteiger partial charge in [-0.15, -0.1) is 5.10 Å². The molecule has 0 saturated heterocycles. The summed E-state index contributed by atoms with van der Waals surface area (Å²) >= 11 is 3.05. The number of nitrogens with one attached hydrogen (secondary N) is 1. The highest BCUT2D eigenvalue weighted by molar-refractivity contribution is 9.10. The van der Waals surface area contributed by atoms with E-state index in [1.165, 1.54) is 11.7 Å². The molecule has 0 aliphatic heterocycles. The fourth-order valence-corrected chi connectivity index (χ4v) is 3.46. The number of hydrogen-bond acceptors (Lipinski definition) is 5. The van der Waals surface area contributed by atoms with Crippen LogP contribution in [0, 0.1) is 0 Å². The lowest BCUT2D eigenvalue weighted by Crippen LogP contribution is -2.25. The normalized spacial score (nSPS) is 11.7. The van der Waals surface area contributed by atoms with Gasteiger partial charge in [-0.05, 0) is 27.6 Å². The minimum atomic E-state index is -3.66. The summed E-state index contributed by atoms with van der Waals surface area (Å²) in [5.74, 6) is 0. The first kappa shape index (κ1) is 13.1. The summed E-state index contributed by atoms with van der Waals surface area (Å²) in [5.41, 5.74) is 0.771. The molecule has 0 saturated carbocycles. The predicted octanol–water partition coefficient (Wildman–Crippen LogP) is 0.451. The van der Waals surface area contributed by atoms with Crippen molar-refractivity contribution in [1.29, 1.82) is 0 Å². The van der Waals surface area contributed by atoms with Crippen LogP contribution in [0.4, 0.5) is 0 Å². The standard InChI is InChI=1S/C9H10BrN5O2S/c1-15-9(8(10)13-14-15)18(16,17)12-6-7-3-2-4-11-5-7/h2-5,12H,6H2,1H3. The molecule has 0 atom stereocenters. The average molecular weight is 332 g/mol. The number of aryl methyl sites for hydroxylation is 1. The van der Waals surface area contributed by atoms with Crippen LogP contribution in [0.3, 0.4) is 0 Å². The largest absolute Gasteiger partial charge is 0.264 e. The molecule has 7 nitrogen and oxygen atoms in total. The highest BCUT2D eigenvalue weighted by Crippen LogP contribution is 2.17. The fourth-order valence-electron chi connectivity index (χ4n) is 1.36. The number of aromatic nitrogens is 4. The summed E-state index contributed by atoms with van der Waals surface area (Å²) in [6, 6.07) is 3.53. The summed E-state index contributed by atoms with van der Waals surface area (Å²) in [6.45, 7) is 0.161. The molecule has 0 unspecified atom stereocenters. The van der Waals surface area contributed by atoms with Crippen LogP contribution >= 0.6 is 15.9 Å². The van der Waals surface area contributed by atoms with Gasteiger partial charge in [0, 0.05) is 26.0 Å². The molecule has 2 heterocycles. The highest BCUT2D eigenvalue weighted by atomic mass is 79.9. The first-order chi connectivity index (χ1) is 8.50. The van der Waals surface area contributed by atoms with Gasteiger partial charge in [-0.1, -0.05) is 11.3 Å². The summed E-state index contributed by atoms with van der Waals surface area (Å²) < 4.78 is 27.9. The number of sulfonamides is 1. The lowest BCUT2D eigenvalue weighted by atomic mass is 10.3. The van der Waals surface area contributed by atoms with E-state index in [0.717, 1.165) is 5.56 Å². The molecule has 0 aliphatic rings. The Bertz CT molecular complexity index is 621. The molecular formula is C9H10BrN5O2S. The molecule has 0 radical (unpaired) electrons. The Morgan fingerprint density at radius 2 is 2.28 bits per heavy atom. The van der Waals surface area contributed by atoms with E-state index in [2.05, 4.69) is 35.9 Å². The van der Waals surface area contributed by atoms with Crippen LogP contribution in [0.15, 0.2) is 34.2 Å². The van der Waals surface area contributed by atoms with Crippen molar-refractivity contribution in [2.24, 2.45) is 7.05 Å². The van der Waals surface area contributed by atoms with Crippen LogP contribution in [-0.2, 0) is 23.6 Å². The van der Waals surface area contributed by atoms with Crippen molar-refractivity contribution in [1.82, 2.24) is 24.7 Å². The van der Waals surface area contributed by atoms with E-state index in [-0.39, 0.29) is 16.2 Å². The fraction of sp³-hybridized carbons (Fsp3) is 0.222. The number of nitrogens with zero attached hydrogens (tertiary/aromatic N) is 4. The minimum absolute atomic E-state index is 0.00797. The molecule has 9 heteroatoms. The third-order valence-electron chi connectivity index (χ3n) is 2.18. The quantitative estimate of drug-likeness (QED) is 0.878. The number of halogens is 1. The van der Waals surface area contributed by atoms with E-state index in [0.29, 0.717) is 0 Å². The molecule has 2 rings (SSSR count). The number of rotatable bonds is 4. The van der Waals surface area contributed by atoms with Crippen LogP contribution in [0.5, 0.6) is 0 Å². The van der Waals surface area contributed by atoms with Gasteiger partial charge in [0.1, 0.15) is 0 Å². The average Bonchev–Trinajstić information content (AvgIpc) is 2.69. The number of pyridine rings is 1. The Labute approximate surface area is 112 Å². The van der Waals surface area contributed by atoms with Crippen LogP contribution in [0.2, 0.25) is 0 Å². The van der Waals surface area contributed by atoms with E-state index in [4.69, 9.17) is 0 Å². The van der Waals surface area contributed by atoms with E-state index in [1.54, 1.807) is 24.5 Å². The van der Waals surface area contributed by atoms with E-state index in [1.807, 2.05) is 0 Å². The SMILES string of the molecule is Cn1nnc(Br)c1S(=O)(=O)NCc1cccnc1. The second-order valence-electron chi connectivity index (χ2n) is 3.49. The van der Waals surface area contributed by atoms with E-state index >= 15 is 0 Å². The first-order valence-corrected chi connectivity index (χ1v) is 7.22. The molecule has 18 heavy (non-hydrogen) atoms. The monoisotopic (exact) mass is 331 g/mol. The van der Waals surface area contributed by atoms with Crippen LogP contribution in [0.1, 0.15) is 5.56 Å². The van der Waals surface area contributed by atoms with Gasteiger partial charge in [-0.3, -0.25) is 4.98 Å². The van der Waals surface area contributed by atoms with Gasteiger partial charge in [0.05, 0.1) is 0 Å². The van der Waals surface area contributed by atoms with Crippen molar-refractivity contribution in [3.8, 4) is 0 Å². The molecule has 0 fully saturated rings. The maximum atomic E-state index is 12.0. The third-order valence-corrected chi connectivity index (χ3v) is 4.47. The Kier molecular flexibility index (Phi) is 3.73. The zero-order valence-corrected chi connectivity index (χ0v) is 11.8. The van der Waals surface area contributed by atoms with Crippen molar-refractivity contribution in [2.45, 2.75) is 11.6 Å². The van der Waals surface area contributed by atoms with E-state index in [9.17, 15) is 8.42 Å². The lowest BCUT2D eigenvalue weighted by Gasteiger charge is -2.06. The van der Waals surface area contributed by atoms with Gasteiger partial charge in [0.15, 0.2) is 4.60 Å². The number of hydrogen-bond donors (Lipinski definition) is 1. The Hall–Kier alpha value is -1.32. The van der Waals surface area contributed by atoms with Gasteiger partial charge in [0.25, 0.3) is 10.0 Å². The summed E-state index contributed by atoms with van der Waals surface area (Å²) in [5, 5.41) is 7.25. The molecule has 2 aromatic rings. The summed E-state index contributed by atoms with van der Waals surface area (Å²) in [4.78, 5) is 3.91. The zero-order chi connectivity index (χ0) is 13.2. The maximum Gasteiger partial charge on any atom is 0.260 e. The predicted molar refractivity (Wildman–Crippen MR) is 67.0 cm³/mol. The molecule has 0 aromatic carbocycles. The van der Waals surface area contributed by atoms with Crippen molar-refractivity contribution >= 4 is 26.0 Å². The molecule has 1 N–H and O–H groups in total.